The van der Waals surface area contributed by atoms with E-state index in [9.17, 15) is 8.42 Å². The number of hydrogen-bond acceptors (Lipinski definition) is 3. The van der Waals surface area contributed by atoms with Crippen molar-refractivity contribution < 1.29 is 8.42 Å². The van der Waals surface area contributed by atoms with Crippen LogP contribution in [0.3, 0.4) is 0 Å². The molecule has 104 valence electrons. The molecule has 17 heavy (non-hydrogen) atoms. The monoisotopic (exact) mass is 263 g/mol. The van der Waals surface area contributed by atoms with Crippen molar-refractivity contribution in [3.63, 3.8) is 0 Å². The van der Waals surface area contributed by atoms with Gasteiger partial charge in [0.1, 0.15) is 9.84 Å². The van der Waals surface area contributed by atoms with E-state index in [4.69, 9.17) is 0 Å². The first-order valence-electron chi connectivity index (χ1n) is 6.59. The Labute approximate surface area is 107 Å². The van der Waals surface area contributed by atoms with Gasteiger partial charge >= 0.3 is 0 Å². The minimum Gasteiger partial charge on any atom is -0.314 e. The summed E-state index contributed by atoms with van der Waals surface area (Å²) in [6.07, 6.45) is 5.37. The van der Waals surface area contributed by atoms with E-state index in [0.29, 0.717) is 11.8 Å². The average molecular weight is 263 g/mol. The van der Waals surface area contributed by atoms with E-state index >= 15 is 0 Å². The highest BCUT2D eigenvalue weighted by molar-refractivity contribution is 7.90. The van der Waals surface area contributed by atoms with Crippen LogP contribution in [0.25, 0.3) is 0 Å². The summed E-state index contributed by atoms with van der Waals surface area (Å²) in [7, 11) is -2.81. The molecule has 0 aromatic rings. The van der Waals surface area contributed by atoms with Crippen LogP contribution in [0.5, 0.6) is 0 Å². The van der Waals surface area contributed by atoms with Gasteiger partial charge in [0.15, 0.2) is 0 Å². The highest BCUT2D eigenvalue weighted by Crippen LogP contribution is 2.28. The maximum Gasteiger partial charge on any atom is 0.147 e. The number of rotatable bonds is 9. The van der Waals surface area contributed by atoms with Crippen molar-refractivity contribution in [1.29, 1.82) is 0 Å². The molecule has 1 atom stereocenters. The Kier molecular flexibility index (Phi) is 7.33. The summed E-state index contributed by atoms with van der Waals surface area (Å²) in [6.45, 7) is 9.70. The molecule has 0 fully saturated rings. The Hall–Kier alpha value is -0.0900. The Balaban J connectivity index is 4.20. The van der Waals surface area contributed by atoms with Gasteiger partial charge in [0, 0.05) is 24.6 Å². The molecule has 3 nitrogen and oxygen atoms in total. The van der Waals surface area contributed by atoms with Crippen LogP contribution in [0.4, 0.5) is 0 Å². The van der Waals surface area contributed by atoms with Crippen LogP contribution in [0.1, 0.15) is 53.4 Å². The van der Waals surface area contributed by atoms with Crippen molar-refractivity contribution in [3.05, 3.63) is 0 Å². The molecule has 0 radical (unpaired) electrons. The Morgan fingerprint density at radius 2 is 1.82 bits per heavy atom. The highest BCUT2D eigenvalue weighted by Gasteiger charge is 2.23. The van der Waals surface area contributed by atoms with Gasteiger partial charge in [0.25, 0.3) is 0 Å². The van der Waals surface area contributed by atoms with E-state index < -0.39 is 9.84 Å². The zero-order chi connectivity index (χ0) is 13.5. The predicted octanol–water partition coefficient (Wildman–Crippen LogP) is 2.62. The first kappa shape index (κ1) is 16.9. The number of hydrogen-bond donors (Lipinski definition) is 1. The Morgan fingerprint density at radius 3 is 2.24 bits per heavy atom. The zero-order valence-electron chi connectivity index (χ0n) is 12.0. The van der Waals surface area contributed by atoms with E-state index in [1.54, 1.807) is 0 Å². The SMILES string of the molecule is CCCC(C)(CCCS(C)(=O)=O)CNC(C)C. The molecule has 1 N–H and O–H groups in total. The van der Waals surface area contributed by atoms with Gasteiger partial charge in [0.2, 0.25) is 0 Å². The second kappa shape index (κ2) is 7.37. The molecule has 0 heterocycles. The highest BCUT2D eigenvalue weighted by atomic mass is 32.2. The molecule has 0 aliphatic heterocycles. The molecule has 0 bridgehead atoms. The second-order valence-corrected chi connectivity index (χ2v) is 8.09. The molecule has 0 aromatic heterocycles. The van der Waals surface area contributed by atoms with E-state index in [0.717, 1.165) is 32.2 Å². The fourth-order valence-electron chi connectivity index (χ4n) is 2.12. The number of nitrogens with one attached hydrogen (secondary N) is 1. The van der Waals surface area contributed by atoms with Crippen LogP contribution in [-0.4, -0.2) is 33.0 Å². The lowest BCUT2D eigenvalue weighted by molar-refractivity contribution is 0.246. The van der Waals surface area contributed by atoms with Crippen LogP contribution >= 0.6 is 0 Å². The third-order valence-corrected chi connectivity index (χ3v) is 4.12. The fraction of sp³-hybridized carbons (Fsp3) is 1.00. The lowest BCUT2D eigenvalue weighted by atomic mass is 9.81. The van der Waals surface area contributed by atoms with Crippen molar-refractivity contribution in [3.8, 4) is 0 Å². The quantitative estimate of drug-likeness (QED) is 0.695. The molecule has 0 spiro atoms. The van der Waals surface area contributed by atoms with Crippen LogP contribution in [0.15, 0.2) is 0 Å². The van der Waals surface area contributed by atoms with E-state index in [-0.39, 0.29) is 5.41 Å². The third-order valence-electron chi connectivity index (χ3n) is 3.09. The Bertz CT molecular complexity index is 299. The molecule has 0 aliphatic rings. The summed E-state index contributed by atoms with van der Waals surface area (Å²) in [4.78, 5) is 0. The van der Waals surface area contributed by atoms with Crippen molar-refractivity contribution in [2.75, 3.05) is 18.6 Å². The zero-order valence-corrected chi connectivity index (χ0v) is 12.9. The van der Waals surface area contributed by atoms with Gasteiger partial charge in [-0.3, -0.25) is 0 Å². The first-order valence-corrected chi connectivity index (χ1v) is 8.66. The van der Waals surface area contributed by atoms with Gasteiger partial charge in [-0.25, -0.2) is 8.42 Å². The molecule has 1 unspecified atom stereocenters. The molecule has 4 heteroatoms. The fourth-order valence-corrected chi connectivity index (χ4v) is 2.79. The van der Waals surface area contributed by atoms with Crippen LogP contribution < -0.4 is 5.32 Å². The third kappa shape index (κ3) is 9.60. The van der Waals surface area contributed by atoms with Crippen molar-refractivity contribution in [1.82, 2.24) is 5.32 Å². The van der Waals surface area contributed by atoms with E-state index in [2.05, 4.69) is 33.0 Å². The molecule has 0 saturated heterocycles. The maximum atomic E-state index is 11.1. The molecule has 0 aliphatic carbocycles. The molecule has 0 saturated carbocycles. The molecule has 0 aromatic carbocycles. The van der Waals surface area contributed by atoms with Gasteiger partial charge in [-0.15, -0.1) is 0 Å². The smallest absolute Gasteiger partial charge is 0.147 e. The van der Waals surface area contributed by atoms with Crippen molar-refractivity contribution >= 4 is 9.84 Å². The van der Waals surface area contributed by atoms with Gasteiger partial charge < -0.3 is 5.32 Å². The van der Waals surface area contributed by atoms with Crippen LogP contribution in [0.2, 0.25) is 0 Å². The van der Waals surface area contributed by atoms with E-state index in [1.807, 2.05) is 0 Å². The standard InChI is InChI=1S/C13H29NO2S/c1-6-8-13(4,11-14-12(2)3)9-7-10-17(5,15)16/h12,14H,6-11H2,1-5H3. The molecule has 0 rings (SSSR count). The molecular formula is C13H29NO2S. The normalized spacial score (nSPS) is 16.1. The van der Waals surface area contributed by atoms with Crippen LogP contribution in [0, 0.1) is 5.41 Å². The maximum absolute atomic E-state index is 11.1. The largest absolute Gasteiger partial charge is 0.314 e. The summed E-state index contributed by atoms with van der Waals surface area (Å²) in [5.41, 5.74) is 0.226. The molecule has 0 amide bonds. The van der Waals surface area contributed by atoms with Crippen molar-refractivity contribution in [2.45, 2.75) is 59.4 Å². The summed E-state index contributed by atoms with van der Waals surface area (Å²) in [5, 5.41) is 3.47. The molecular weight excluding hydrogens is 234 g/mol. The summed E-state index contributed by atoms with van der Waals surface area (Å²) >= 11 is 0. The van der Waals surface area contributed by atoms with Gasteiger partial charge in [0.05, 0.1) is 0 Å². The minimum absolute atomic E-state index is 0.226. The summed E-state index contributed by atoms with van der Waals surface area (Å²) < 4.78 is 22.3. The lowest BCUT2D eigenvalue weighted by Gasteiger charge is -2.30. The van der Waals surface area contributed by atoms with Gasteiger partial charge in [-0.2, -0.15) is 0 Å². The van der Waals surface area contributed by atoms with Gasteiger partial charge in [-0.05, 0) is 24.7 Å². The summed E-state index contributed by atoms with van der Waals surface area (Å²) in [6, 6.07) is 0.487. The van der Waals surface area contributed by atoms with Crippen LogP contribution in [-0.2, 0) is 9.84 Å². The minimum atomic E-state index is -2.81. The average Bonchev–Trinajstić information content (AvgIpc) is 2.13. The summed E-state index contributed by atoms with van der Waals surface area (Å²) in [5.74, 6) is 0.313. The van der Waals surface area contributed by atoms with Crippen molar-refractivity contribution in [2.24, 2.45) is 5.41 Å². The first-order chi connectivity index (χ1) is 7.68. The van der Waals surface area contributed by atoms with E-state index in [1.165, 1.54) is 6.26 Å². The van der Waals surface area contributed by atoms with Gasteiger partial charge in [-0.1, -0.05) is 34.1 Å². The second-order valence-electron chi connectivity index (χ2n) is 5.83. The Morgan fingerprint density at radius 1 is 1.24 bits per heavy atom. The lowest BCUT2D eigenvalue weighted by Crippen LogP contribution is -2.36. The topological polar surface area (TPSA) is 46.2 Å². The number of sulfone groups is 1. The predicted molar refractivity (Wildman–Crippen MR) is 75.1 cm³/mol.